The monoisotopic (exact) mass is 349 g/mol. The number of hydrogen-bond acceptors (Lipinski definition) is 3. The van der Waals surface area contributed by atoms with Crippen LogP contribution in [-0.4, -0.2) is 34.9 Å². The highest BCUT2D eigenvalue weighted by Gasteiger charge is 2.32. The van der Waals surface area contributed by atoms with Gasteiger partial charge in [-0.15, -0.1) is 0 Å². The van der Waals surface area contributed by atoms with E-state index in [1.165, 1.54) is 5.56 Å². The Bertz CT molecular complexity index is 801. The van der Waals surface area contributed by atoms with Crippen molar-refractivity contribution >= 4 is 0 Å². The molecule has 0 aliphatic carbocycles. The smallest absolute Gasteiger partial charge is 0.132 e. The molecule has 0 bridgehead atoms. The molecule has 1 heterocycles. The molecule has 0 aliphatic heterocycles. The first-order valence-corrected chi connectivity index (χ1v) is 9.00. The summed E-state index contributed by atoms with van der Waals surface area (Å²) in [5.74, 6) is 0. The Kier molecular flexibility index (Phi) is 5.86. The Morgan fingerprint density at radius 3 is 2.27 bits per heavy atom. The molecule has 136 valence electrons. The first kappa shape index (κ1) is 18.4. The second-order valence-electron chi connectivity index (χ2n) is 6.81. The van der Waals surface area contributed by atoms with E-state index in [-0.39, 0.29) is 0 Å². The molecule has 3 rings (SSSR count). The Morgan fingerprint density at radius 2 is 1.65 bits per heavy atom. The Balaban J connectivity index is 1.68. The molecule has 1 aromatic heterocycles. The summed E-state index contributed by atoms with van der Waals surface area (Å²) < 4.78 is 8.34. The number of aryl methyl sites for hydroxylation is 1. The molecule has 0 aliphatic rings. The molecule has 0 saturated heterocycles. The first-order valence-electron chi connectivity index (χ1n) is 9.00. The molecule has 26 heavy (non-hydrogen) atoms. The van der Waals surface area contributed by atoms with Crippen molar-refractivity contribution in [1.29, 1.82) is 0 Å². The Labute approximate surface area is 156 Å². The zero-order valence-corrected chi connectivity index (χ0v) is 15.8. The van der Waals surface area contributed by atoms with Gasteiger partial charge in [0.1, 0.15) is 5.60 Å². The molecule has 4 nitrogen and oxygen atoms in total. The molecular formula is C22H27N3O. The van der Waals surface area contributed by atoms with Gasteiger partial charge in [0.05, 0.1) is 12.3 Å². The van der Waals surface area contributed by atoms with Crippen LogP contribution in [0.2, 0.25) is 0 Å². The van der Waals surface area contributed by atoms with Gasteiger partial charge in [-0.25, -0.2) is 0 Å². The van der Waals surface area contributed by atoms with Crippen molar-refractivity contribution < 1.29 is 4.74 Å². The summed E-state index contributed by atoms with van der Waals surface area (Å²) in [6.07, 6.45) is 1.82. The van der Waals surface area contributed by atoms with E-state index in [1.807, 2.05) is 36.1 Å². The average molecular weight is 349 g/mol. The minimum absolute atomic E-state index is 0.528. The lowest BCUT2D eigenvalue weighted by Gasteiger charge is -2.31. The van der Waals surface area contributed by atoms with Gasteiger partial charge in [0.15, 0.2) is 0 Å². The maximum absolute atomic E-state index is 6.45. The topological polar surface area (TPSA) is 30.3 Å². The van der Waals surface area contributed by atoms with Crippen molar-refractivity contribution in [2.24, 2.45) is 7.05 Å². The van der Waals surface area contributed by atoms with Crippen molar-refractivity contribution in [1.82, 2.24) is 14.7 Å². The van der Waals surface area contributed by atoms with Crippen molar-refractivity contribution in [2.45, 2.75) is 19.1 Å². The summed E-state index contributed by atoms with van der Waals surface area (Å²) >= 11 is 0. The third kappa shape index (κ3) is 4.21. The van der Waals surface area contributed by atoms with Crippen molar-refractivity contribution in [2.75, 3.05) is 20.2 Å². The van der Waals surface area contributed by atoms with Gasteiger partial charge in [0.2, 0.25) is 0 Å². The van der Waals surface area contributed by atoms with E-state index < -0.39 is 5.60 Å². The summed E-state index contributed by atoms with van der Waals surface area (Å²) in [6, 6.07) is 22.9. The van der Waals surface area contributed by atoms with Gasteiger partial charge in [-0.2, -0.15) is 5.10 Å². The molecule has 0 saturated carbocycles. The molecule has 0 amide bonds. The maximum atomic E-state index is 6.45. The Morgan fingerprint density at radius 1 is 1.00 bits per heavy atom. The van der Waals surface area contributed by atoms with Crippen molar-refractivity contribution in [3.8, 4) is 0 Å². The molecule has 0 fully saturated rings. The van der Waals surface area contributed by atoms with Crippen molar-refractivity contribution in [3.63, 3.8) is 0 Å². The maximum Gasteiger partial charge on any atom is 0.132 e. The van der Waals surface area contributed by atoms with E-state index in [1.54, 1.807) is 0 Å². The highest BCUT2D eigenvalue weighted by atomic mass is 16.5. The molecular weight excluding hydrogens is 322 g/mol. The predicted octanol–water partition coefficient (Wildman–Crippen LogP) is 3.83. The molecule has 3 aromatic rings. The van der Waals surface area contributed by atoms with Crippen molar-refractivity contribution in [3.05, 3.63) is 89.7 Å². The van der Waals surface area contributed by atoms with Crippen LogP contribution < -0.4 is 0 Å². The van der Waals surface area contributed by atoms with Crippen LogP contribution in [0.1, 0.15) is 23.7 Å². The number of hydrogen-bond donors (Lipinski definition) is 0. The largest absolute Gasteiger partial charge is 0.363 e. The number of ether oxygens (including phenoxy) is 1. The summed E-state index contributed by atoms with van der Waals surface area (Å²) in [7, 11) is 4.09. The van der Waals surface area contributed by atoms with Gasteiger partial charge in [-0.3, -0.25) is 9.58 Å². The number of nitrogens with zero attached hydrogens (tertiary/aromatic N) is 3. The SMILES string of the molecule is CN(CCO[C@@](C)(c1ccccc1)c1ccnn1C)Cc1ccccc1. The van der Waals surface area contributed by atoms with Gasteiger partial charge in [-0.1, -0.05) is 60.7 Å². The zero-order valence-electron chi connectivity index (χ0n) is 15.8. The van der Waals surface area contributed by atoms with E-state index in [2.05, 4.69) is 72.5 Å². The fraction of sp³-hybridized carbons (Fsp3) is 0.318. The van der Waals surface area contributed by atoms with E-state index in [4.69, 9.17) is 4.74 Å². The number of likely N-dealkylation sites (N-methyl/N-ethyl adjacent to an activating group) is 1. The number of aromatic nitrogens is 2. The molecule has 0 unspecified atom stereocenters. The van der Waals surface area contributed by atoms with Crippen LogP contribution in [0, 0.1) is 0 Å². The van der Waals surface area contributed by atoms with E-state index in [0.29, 0.717) is 6.61 Å². The molecule has 0 radical (unpaired) electrons. The average Bonchev–Trinajstić information content (AvgIpc) is 3.10. The van der Waals surface area contributed by atoms with Crippen LogP contribution in [0.15, 0.2) is 72.9 Å². The van der Waals surface area contributed by atoms with Gasteiger partial charge >= 0.3 is 0 Å². The molecule has 1 atom stereocenters. The quantitative estimate of drug-likeness (QED) is 0.619. The molecule has 0 spiro atoms. The lowest BCUT2D eigenvalue weighted by Crippen LogP contribution is -2.33. The van der Waals surface area contributed by atoms with E-state index in [0.717, 1.165) is 24.3 Å². The van der Waals surface area contributed by atoms with Crippen LogP contribution in [0.4, 0.5) is 0 Å². The van der Waals surface area contributed by atoms with Gasteiger partial charge in [-0.05, 0) is 31.2 Å². The van der Waals surface area contributed by atoms with Crippen LogP contribution in [0.25, 0.3) is 0 Å². The minimum atomic E-state index is -0.528. The van der Waals surface area contributed by atoms with Gasteiger partial charge < -0.3 is 4.74 Å². The van der Waals surface area contributed by atoms with E-state index in [9.17, 15) is 0 Å². The van der Waals surface area contributed by atoms with Crippen LogP contribution in [0.3, 0.4) is 0 Å². The van der Waals surface area contributed by atoms with Crippen LogP contribution in [-0.2, 0) is 23.9 Å². The second-order valence-corrected chi connectivity index (χ2v) is 6.81. The van der Waals surface area contributed by atoms with E-state index >= 15 is 0 Å². The van der Waals surface area contributed by atoms with Crippen LogP contribution in [0.5, 0.6) is 0 Å². The van der Waals surface area contributed by atoms with Crippen LogP contribution >= 0.6 is 0 Å². The second kappa shape index (κ2) is 8.30. The highest BCUT2D eigenvalue weighted by molar-refractivity contribution is 5.31. The molecule has 4 heteroatoms. The Hall–Kier alpha value is -2.43. The van der Waals surface area contributed by atoms with Gasteiger partial charge in [0, 0.05) is 26.3 Å². The number of benzene rings is 2. The normalized spacial score (nSPS) is 13.7. The predicted molar refractivity (Wildman–Crippen MR) is 105 cm³/mol. The van der Waals surface area contributed by atoms with Gasteiger partial charge in [0.25, 0.3) is 0 Å². The zero-order chi connectivity index (χ0) is 18.4. The fourth-order valence-corrected chi connectivity index (χ4v) is 3.28. The highest BCUT2D eigenvalue weighted by Crippen LogP contribution is 2.32. The molecule has 0 N–H and O–H groups in total. The summed E-state index contributed by atoms with van der Waals surface area (Å²) in [6.45, 7) is 4.53. The summed E-state index contributed by atoms with van der Waals surface area (Å²) in [5, 5.41) is 4.33. The fourth-order valence-electron chi connectivity index (χ4n) is 3.28. The molecule has 2 aromatic carbocycles. The minimum Gasteiger partial charge on any atom is -0.363 e. The third-order valence-electron chi connectivity index (χ3n) is 4.79. The summed E-state index contributed by atoms with van der Waals surface area (Å²) in [4.78, 5) is 2.28. The standard InChI is InChI=1S/C22H27N3O/c1-22(20-12-8-5-9-13-20,21-14-15-23-25(21)3)26-17-16-24(2)18-19-10-6-4-7-11-19/h4-15H,16-18H2,1-3H3/t22-/m0/s1. The lowest BCUT2D eigenvalue weighted by molar-refractivity contribution is -0.0180. The summed E-state index contributed by atoms with van der Waals surface area (Å²) in [5.41, 5.74) is 2.97. The number of rotatable bonds is 8. The third-order valence-corrected chi connectivity index (χ3v) is 4.79. The first-order chi connectivity index (χ1) is 12.6. The lowest BCUT2D eigenvalue weighted by atomic mass is 9.92.